The minimum Gasteiger partial charge on any atom is -0.434 e. The van der Waals surface area contributed by atoms with Crippen LogP contribution < -0.4 is 10.1 Å². The SMILES string of the molecule is Cn1nc(C(=O)NCC2(O)CCC(S(C)(=O)=O)CC2)c(Cl)c1-c1cnc(CC(C(F)(F)F)C(F)(F)F)cc1OC(F)F. The van der Waals surface area contributed by atoms with Crippen molar-refractivity contribution < 1.29 is 58.2 Å². The molecule has 1 amide bonds. The van der Waals surface area contributed by atoms with Gasteiger partial charge in [0.2, 0.25) is 0 Å². The van der Waals surface area contributed by atoms with Crippen LogP contribution in [0.4, 0.5) is 35.1 Å². The predicted molar refractivity (Wildman–Crippen MR) is 132 cm³/mol. The van der Waals surface area contributed by atoms with Crippen molar-refractivity contribution in [2.75, 3.05) is 12.8 Å². The maximum absolute atomic E-state index is 13.1. The molecule has 0 atom stereocenters. The van der Waals surface area contributed by atoms with Crippen LogP contribution in [0.15, 0.2) is 12.3 Å². The van der Waals surface area contributed by atoms with Crippen LogP contribution in [0.25, 0.3) is 11.3 Å². The molecule has 0 radical (unpaired) electrons. The maximum Gasteiger partial charge on any atom is 0.400 e. The van der Waals surface area contributed by atoms with E-state index in [0.717, 1.165) is 10.9 Å². The number of pyridine rings is 1. The van der Waals surface area contributed by atoms with Gasteiger partial charge in [0.1, 0.15) is 15.6 Å². The molecule has 42 heavy (non-hydrogen) atoms. The number of nitrogens with zero attached hydrogens (tertiary/aromatic N) is 3. The quantitative estimate of drug-likeness (QED) is 0.382. The first kappa shape index (κ1) is 33.8. The van der Waals surface area contributed by atoms with Gasteiger partial charge in [0.05, 0.1) is 27.1 Å². The van der Waals surface area contributed by atoms with E-state index in [2.05, 4.69) is 20.1 Å². The summed E-state index contributed by atoms with van der Waals surface area (Å²) < 4.78 is 133. The largest absolute Gasteiger partial charge is 0.434 e. The fraction of sp³-hybridized carbons (Fsp3) is 0.609. The summed E-state index contributed by atoms with van der Waals surface area (Å²) in [5.41, 5.74) is -3.42. The van der Waals surface area contributed by atoms with Crippen LogP contribution >= 0.6 is 11.6 Å². The van der Waals surface area contributed by atoms with E-state index in [1.165, 1.54) is 7.05 Å². The van der Waals surface area contributed by atoms with Gasteiger partial charge in [-0.1, -0.05) is 11.6 Å². The number of aromatic nitrogens is 3. The van der Waals surface area contributed by atoms with Gasteiger partial charge in [-0.25, -0.2) is 8.42 Å². The van der Waals surface area contributed by atoms with Crippen LogP contribution in [0, 0.1) is 5.92 Å². The second kappa shape index (κ2) is 12.1. The van der Waals surface area contributed by atoms with Gasteiger partial charge in [-0.2, -0.15) is 40.2 Å². The molecule has 2 aromatic heterocycles. The first-order chi connectivity index (χ1) is 19.1. The number of halogens is 9. The van der Waals surface area contributed by atoms with E-state index in [0.29, 0.717) is 12.3 Å². The molecule has 0 spiro atoms. The van der Waals surface area contributed by atoms with E-state index in [4.69, 9.17) is 11.6 Å². The van der Waals surface area contributed by atoms with Crippen molar-refractivity contribution in [3.63, 3.8) is 0 Å². The standard InChI is InChI=1S/C23H25ClF8N4O5S/c1-36-18(13-9-33-11(7-14(13)41-20(25)26)8-15(22(27,28)29)23(30,31)32)16(24)17(35-36)19(37)34-10-21(38)5-3-12(4-6-21)42(2,39)40/h7,9,12,15,20,38H,3-6,8,10H2,1-2H3,(H,34,37). The van der Waals surface area contributed by atoms with Crippen molar-refractivity contribution in [3.05, 3.63) is 28.7 Å². The number of aliphatic hydroxyl groups is 1. The van der Waals surface area contributed by atoms with Gasteiger partial charge < -0.3 is 15.2 Å². The number of aryl methyl sites for hydroxylation is 1. The van der Waals surface area contributed by atoms with E-state index in [1.54, 1.807) is 0 Å². The van der Waals surface area contributed by atoms with Crippen molar-refractivity contribution in [3.8, 4) is 17.0 Å². The molecule has 0 aromatic carbocycles. The number of nitrogens with one attached hydrogen (secondary N) is 1. The van der Waals surface area contributed by atoms with Crippen molar-refractivity contribution in [1.82, 2.24) is 20.1 Å². The lowest BCUT2D eigenvalue weighted by Gasteiger charge is -2.35. The Balaban J connectivity index is 1.87. The minimum absolute atomic E-state index is 0.0715. The second-order valence-corrected chi connectivity index (χ2v) is 12.7. The van der Waals surface area contributed by atoms with Crippen molar-refractivity contribution >= 4 is 27.3 Å². The highest BCUT2D eigenvalue weighted by atomic mass is 35.5. The first-order valence-electron chi connectivity index (χ1n) is 12.1. The van der Waals surface area contributed by atoms with Gasteiger partial charge in [0, 0.05) is 44.2 Å². The molecule has 1 aliphatic carbocycles. The third-order valence-electron chi connectivity index (χ3n) is 6.85. The molecule has 0 unspecified atom stereocenters. The Morgan fingerprint density at radius 1 is 1.21 bits per heavy atom. The summed E-state index contributed by atoms with van der Waals surface area (Å²) in [6.45, 7) is -3.85. The highest BCUT2D eigenvalue weighted by Gasteiger charge is 2.56. The number of sulfone groups is 1. The summed E-state index contributed by atoms with van der Waals surface area (Å²) in [6.07, 6.45) is -10.9. The number of rotatable bonds is 9. The number of ether oxygens (including phenoxy) is 1. The second-order valence-electron chi connectivity index (χ2n) is 9.96. The molecule has 0 aliphatic heterocycles. The fourth-order valence-corrected chi connectivity index (χ4v) is 6.02. The molecule has 0 saturated heterocycles. The van der Waals surface area contributed by atoms with Crippen LogP contribution in [0.2, 0.25) is 5.02 Å². The summed E-state index contributed by atoms with van der Waals surface area (Å²) in [5.74, 6) is -5.61. The van der Waals surface area contributed by atoms with Gasteiger partial charge in [-0.05, 0) is 25.7 Å². The average molecular weight is 657 g/mol. The molecule has 3 rings (SSSR count). The van der Waals surface area contributed by atoms with Gasteiger partial charge in [-0.3, -0.25) is 14.5 Å². The Bertz CT molecular complexity index is 1390. The molecule has 0 bridgehead atoms. The van der Waals surface area contributed by atoms with E-state index >= 15 is 0 Å². The summed E-state index contributed by atoms with van der Waals surface area (Å²) in [6, 6.07) is 0.484. The monoisotopic (exact) mass is 656 g/mol. The Morgan fingerprint density at radius 3 is 2.29 bits per heavy atom. The summed E-state index contributed by atoms with van der Waals surface area (Å²) in [7, 11) is -2.08. The van der Waals surface area contributed by atoms with Crippen LogP contribution in [-0.2, 0) is 23.3 Å². The predicted octanol–water partition coefficient (Wildman–Crippen LogP) is 4.47. The van der Waals surface area contributed by atoms with E-state index in [1.807, 2.05) is 0 Å². The molecule has 2 N–H and O–H groups in total. The van der Waals surface area contributed by atoms with Crippen molar-refractivity contribution in [2.45, 2.75) is 61.9 Å². The zero-order chi connectivity index (χ0) is 31.8. The molecule has 9 nitrogen and oxygen atoms in total. The van der Waals surface area contributed by atoms with Crippen molar-refractivity contribution in [2.24, 2.45) is 13.0 Å². The van der Waals surface area contributed by atoms with E-state index < -0.39 is 85.6 Å². The molecular weight excluding hydrogens is 632 g/mol. The zero-order valence-electron chi connectivity index (χ0n) is 21.9. The van der Waals surface area contributed by atoms with E-state index in [9.17, 15) is 53.4 Å². The number of amides is 1. The average Bonchev–Trinajstić information content (AvgIpc) is 3.13. The molecule has 1 aliphatic rings. The molecule has 2 heterocycles. The lowest BCUT2D eigenvalue weighted by atomic mass is 9.84. The van der Waals surface area contributed by atoms with Gasteiger partial charge in [0.25, 0.3) is 5.91 Å². The van der Waals surface area contributed by atoms with Crippen molar-refractivity contribution in [1.29, 1.82) is 0 Å². The molecule has 1 saturated carbocycles. The molecule has 2 aromatic rings. The van der Waals surface area contributed by atoms with Crippen LogP contribution in [-0.4, -0.2) is 76.8 Å². The Morgan fingerprint density at radius 2 is 1.79 bits per heavy atom. The van der Waals surface area contributed by atoms with Gasteiger partial charge >= 0.3 is 19.0 Å². The Labute approximate surface area is 239 Å². The number of hydrogen-bond donors (Lipinski definition) is 2. The number of hydrogen-bond acceptors (Lipinski definition) is 7. The zero-order valence-corrected chi connectivity index (χ0v) is 23.4. The summed E-state index contributed by atoms with van der Waals surface area (Å²) in [5, 5.41) is 16.0. The molecule has 236 valence electrons. The van der Waals surface area contributed by atoms with Crippen LogP contribution in [0.1, 0.15) is 41.9 Å². The minimum atomic E-state index is -5.70. The maximum atomic E-state index is 13.1. The van der Waals surface area contributed by atoms with Crippen LogP contribution in [0.3, 0.4) is 0 Å². The number of alkyl halides is 8. The highest BCUT2D eigenvalue weighted by molar-refractivity contribution is 7.91. The summed E-state index contributed by atoms with van der Waals surface area (Å²) in [4.78, 5) is 16.4. The topological polar surface area (TPSA) is 123 Å². The van der Waals surface area contributed by atoms with Gasteiger partial charge in [0.15, 0.2) is 11.6 Å². The number of carbonyl (C=O) groups excluding carboxylic acids is 1. The number of carbonyl (C=O) groups is 1. The normalized spacial score (nSPS) is 20.3. The third kappa shape index (κ3) is 8.00. The lowest BCUT2D eigenvalue weighted by Crippen LogP contribution is -2.47. The van der Waals surface area contributed by atoms with Gasteiger partial charge in [-0.15, -0.1) is 0 Å². The fourth-order valence-electron chi connectivity index (χ4n) is 4.58. The van der Waals surface area contributed by atoms with E-state index in [-0.39, 0.29) is 37.9 Å². The Kier molecular flexibility index (Phi) is 9.73. The molecule has 19 heteroatoms. The smallest absolute Gasteiger partial charge is 0.400 e. The molecule has 1 fully saturated rings. The third-order valence-corrected chi connectivity index (χ3v) is 8.89. The first-order valence-corrected chi connectivity index (χ1v) is 14.4. The highest BCUT2D eigenvalue weighted by Crippen LogP contribution is 2.43. The Hall–Kier alpha value is -2.73. The molecular formula is C23H25ClF8N4O5S. The lowest BCUT2D eigenvalue weighted by molar-refractivity contribution is -0.283. The van der Waals surface area contributed by atoms with Crippen LogP contribution in [0.5, 0.6) is 5.75 Å². The summed E-state index contributed by atoms with van der Waals surface area (Å²) >= 11 is 6.30.